The Morgan fingerprint density at radius 1 is 1.03 bits per heavy atom. The minimum atomic E-state index is -3.43. The number of nitrogens with zero attached hydrogens (tertiary/aromatic N) is 3. The first-order valence-electron chi connectivity index (χ1n) is 11.4. The standard InChI is InChI=1S/C25H30N4O3S/c1-20(22-8-10-23(11-9-22)28-18-15-26-19-28)27-25(30)14-7-21-5-12-24(13-6-21)33(31,32)29-16-3-2-4-17-29/h5-6,8-13,15,18-20H,2-4,7,14,16-17H2,1H3,(H,27,30)/t20-/m0/s1. The van der Waals surface area contributed by atoms with Crippen LogP contribution in [0, 0.1) is 0 Å². The van der Waals surface area contributed by atoms with E-state index in [1.54, 1.807) is 29.0 Å². The van der Waals surface area contributed by atoms with Crippen LogP contribution < -0.4 is 5.32 Å². The van der Waals surface area contributed by atoms with Crippen LogP contribution in [0.25, 0.3) is 5.69 Å². The van der Waals surface area contributed by atoms with Gasteiger partial charge in [0, 0.05) is 37.6 Å². The number of rotatable bonds is 8. The number of hydrogen-bond acceptors (Lipinski definition) is 4. The van der Waals surface area contributed by atoms with E-state index < -0.39 is 10.0 Å². The molecule has 1 aliphatic heterocycles. The lowest BCUT2D eigenvalue weighted by Crippen LogP contribution is -2.35. The molecule has 1 fully saturated rings. The lowest BCUT2D eigenvalue weighted by atomic mass is 10.1. The predicted octanol–water partition coefficient (Wildman–Crippen LogP) is 3.86. The van der Waals surface area contributed by atoms with E-state index >= 15 is 0 Å². The van der Waals surface area contributed by atoms with Crippen LogP contribution in [0.3, 0.4) is 0 Å². The molecule has 1 N–H and O–H groups in total. The van der Waals surface area contributed by atoms with Gasteiger partial charge in [0.15, 0.2) is 0 Å². The summed E-state index contributed by atoms with van der Waals surface area (Å²) >= 11 is 0. The second-order valence-corrected chi connectivity index (χ2v) is 10.4. The number of aryl methyl sites for hydroxylation is 1. The van der Waals surface area contributed by atoms with Gasteiger partial charge in [0.1, 0.15) is 0 Å². The summed E-state index contributed by atoms with van der Waals surface area (Å²) in [6, 6.07) is 14.8. The molecule has 1 saturated heterocycles. The largest absolute Gasteiger partial charge is 0.350 e. The van der Waals surface area contributed by atoms with E-state index in [1.165, 1.54) is 0 Å². The van der Waals surface area contributed by atoms with Gasteiger partial charge >= 0.3 is 0 Å². The number of nitrogens with one attached hydrogen (secondary N) is 1. The molecule has 8 heteroatoms. The van der Waals surface area contributed by atoms with E-state index in [0.29, 0.717) is 30.8 Å². The Bertz CT molecular complexity index is 1150. The third-order valence-electron chi connectivity index (χ3n) is 6.09. The highest BCUT2D eigenvalue weighted by Gasteiger charge is 2.25. The minimum Gasteiger partial charge on any atom is -0.350 e. The van der Waals surface area contributed by atoms with E-state index in [2.05, 4.69) is 10.3 Å². The molecule has 0 unspecified atom stereocenters. The number of benzene rings is 2. The van der Waals surface area contributed by atoms with Crippen molar-refractivity contribution in [2.75, 3.05) is 13.1 Å². The van der Waals surface area contributed by atoms with Gasteiger partial charge in [-0.2, -0.15) is 4.31 Å². The first-order valence-corrected chi connectivity index (χ1v) is 12.8. The van der Waals surface area contributed by atoms with Crippen molar-refractivity contribution < 1.29 is 13.2 Å². The van der Waals surface area contributed by atoms with Crippen molar-refractivity contribution in [2.24, 2.45) is 0 Å². The van der Waals surface area contributed by atoms with Gasteiger partial charge in [0.2, 0.25) is 15.9 Å². The molecule has 1 aromatic heterocycles. The van der Waals surface area contributed by atoms with Crippen molar-refractivity contribution in [3.8, 4) is 5.69 Å². The quantitative estimate of drug-likeness (QED) is 0.546. The van der Waals surface area contributed by atoms with Crippen LogP contribution in [0.2, 0.25) is 0 Å². The van der Waals surface area contributed by atoms with Gasteiger partial charge in [-0.1, -0.05) is 30.7 Å². The maximum atomic E-state index is 12.8. The highest BCUT2D eigenvalue weighted by atomic mass is 32.2. The highest BCUT2D eigenvalue weighted by molar-refractivity contribution is 7.89. The summed E-state index contributed by atoms with van der Waals surface area (Å²) < 4.78 is 29.0. The zero-order valence-corrected chi connectivity index (χ0v) is 19.7. The molecular weight excluding hydrogens is 436 g/mol. The number of amides is 1. The van der Waals surface area contributed by atoms with Gasteiger partial charge in [-0.25, -0.2) is 13.4 Å². The Balaban J connectivity index is 1.28. The smallest absolute Gasteiger partial charge is 0.243 e. The van der Waals surface area contributed by atoms with Crippen LogP contribution in [-0.4, -0.2) is 41.3 Å². The number of imidazole rings is 1. The summed E-state index contributed by atoms with van der Waals surface area (Å²) in [7, 11) is -3.43. The first-order chi connectivity index (χ1) is 15.9. The molecule has 0 saturated carbocycles. The molecule has 1 amide bonds. The summed E-state index contributed by atoms with van der Waals surface area (Å²) in [6.45, 7) is 3.15. The molecule has 3 aromatic rings. The number of sulfonamides is 1. The van der Waals surface area contributed by atoms with E-state index in [-0.39, 0.29) is 11.9 Å². The molecule has 0 bridgehead atoms. The molecule has 7 nitrogen and oxygen atoms in total. The monoisotopic (exact) mass is 466 g/mol. The Kier molecular flexibility index (Phi) is 7.25. The summed E-state index contributed by atoms with van der Waals surface area (Å²) in [4.78, 5) is 16.8. The van der Waals surface area contributed by atoms with Gasteiger partial charge in [-0.15, -0.1) is 0 Å². The minimum absolute atomic E-state index is 0.0359. The van der Waals surface area contributed by atoms with Gasteiger partial charge in [0.25, 0.3) is 0 Å². The van der Waals surface area contributed by atoms with Crippen LogP contribution in [-0.2, 0) is 21.2 Å². The third kappa shape index (κ3) is 5.69. The number of carbonyl (C=O) groups is 1. The van der Waals surface area contributed by atoms with Crippen LogP contribution >= 0.6 is 0 Å². The SMILES string of the molecule is C[C@H](NC(=O)CCc1ccc(S(=O)(=O)N2CCCCC2)cc1)c1ccc(-n2ccnc2)cc1. The molecule has 174 valence electrons. The van der Waals surface area contributed by atoms with Crippen LogP contribution in [0.1, 0.15) is 49.8 Å². The molecule has 33 heavy (non-hydrogen) atoms. The van der Waals surface area contributed by atoms with Gasteiger partial charge < -0.3 is 9.88 Å². The number of carbonyl (C=O) groups excluding carboxylic acids is 1. The summed E-state index contributed by atoms with van der Waals surface area (Å²) in [6.07, 6.45) is 9.18. The average Bonchev–Trinajstić information content (AvgIpc) is 3.39. The Hall–Kier alpha value is -2.97. The Labute approximate surface area is 195 Å². The molecular formula is C25H30N4O3S. The fourth-order valence-electron chi connectivity index (χ4n) is 4.08. The van der Waals surface area contributed by atoms with Crippen LogP contribution in [0.4, 0.5) is 0 Å². The molecule has 2 heterocycles. The van der Waals surface area contributed by atoms with Crippen molar-refractivity contribution in [3.63, 3.8) is 0 Å². The summed E-state index contributed by atoms with van der Waals surface area (Å²) in [5, 5.41) is 3.04. The Morgan fingerprint density at radius 3 is 2.36 bits per heavy atom. The molecule has 2 aromatic carbocycles. The lowest BCUT2D eigenvalue weighted by Gasteiger charge is -2.25. The lowest BCUT2D eigenvalue weighted by molar-refractivity contribution is -0.121. The van der Waals surface area contributed by atoms with E-state index in [0.717, 1.165) is 36.1 Å². The van der Waals surface area contributed by atoms with Gasteiger partial charge in [0.05, 0.1) is 17.3 Å². The normalized spacial score (nSPS) is 15.8. The second-order valence-electron chi connectivity index (χ2n) is 8.46. The second kappa shape index (κ2) is 10.3. The van der Waals surface area contributed by atoms with E-state index in [1.807, 2.05) is 54.1 Å². The fraction of sp³-hybridized carbons (Fsp3) is 0.360. The zero-order valence-electron chi connectivity index (χ0n) is 18.9. The average molecular weight is 467 g/mol. The van der Waals surface area contributed by atoms with Crippen molar-refractivity contribution >= 4 is 15.9 Å². The highest BCUT2D eigenvalue weighted by Crippen LogP contribution is 2.21. The summed E-state index contributed by atoms with van der Waals surface area (Å²) in [5.41, 5.74) is 2.99. The molecule has 0 spiro atoms. The number of hydrogen-bond donors (Lipinski definition) is 1. The van der Waals surface area contributed by atoms with E-state index in [4.69, 9.17) is 0 Å². The topological polar surface area (TPSA) is 84.3 Å². The maximum Gasteiger partial charge on any atom is 0.243 e. The fourth-order valence-corrected chi connectivity index (χ4v) is 5.60. The van der Waals surface area contributed by atoms with Crippen molar-refractivity contribution in [1.29, 1.82) is 0 Å². The molecule has 0 aliphatic carbocycles. The molecule has 1 atom stereocenters. The van der Waals surface area contributed by atoms with Gasteiger partial charge in [-0.05, 0) is 61.6 Å². The number of piperidine rings is 1. The Morgan fingerprint density at radius 2 is 1.73 bits per heavy atom. The van der Waals surface area contributed by atoms with Gasteiger partial charge in [-0.3, -0.25) is 4.79 Å². The van der Waals surface area contributed by atoms with E-state index in [9.17, 15) is 13.2 Å². The van der Waals surface area contributed by atoms with Crippen molar-refractivity contribution in [1.82, 2.24) is 19.2 Å². The number of aromatic nitrogens is 2. The molecule has 4 rings (SSSR count). The maximum absolute atomic E-state index is 12.8. The van der Waals surface area contributed by atoms with Crippen molar-refractivity contribution in [3.05, 3.63) is 78.4 Å². The summed E-state index contributed by atoms with van der Waals surface area (Å²) in [5.74, 6) is -0.0359. The van der Waals surface area contributed by atoms with Crippen molar-refractivity contribution in [2.45, 2.75) is 50.0 Å². The zero-order chi connectivity index (χ0) is 23.3. The molecule has 1 aliphatic rings. The first kappa shape index (κ1) is 23.2. The van der Waals surface area contributed by atoms with Crippen LogP contribution in [0.5, 0.6) is 0 Å². The predicted molar refractivity (Wildman–Crippen MR) is 127 cm³/mol. The molecule has 0 radical (unpaired) electrons. The van der Waals surface area contributed by atoms with Crippen LogP contribution in [0.15, 0.2) is 72.1 Å². The third-order valence-corrected chi connectivity index (χ3v) is 8.00.